The van der Waals surface area contributed by atoms with Gasteiger partial charge >= 0.3 is 12.1 Å². The van der Waals surface area contributed by atoms with E-state index < -0.39 is 30.1 Å². The van der Waals surface area contributed by atoms with Crippen molar-refractivity contribution in [3.05, 3.63) is 95.2 Å². The molecular weight excluding hydrogens is 510 g/mol. The molecule has 0 radical (unpaired) electrons. The van der Waals surface area contributed by atoms with Crippen molar-refractivity contribution in [2.45, 2.75) is 31.8 Å². The molecular formula is C30H29N5O5. The minimum Gasteiger partial charge on any atom is -0.481 e. The van der Waals surface area contributed by atoms with Crippen LogP contribution in [-0.2, 0) is 20.7 Å². The Kier molecular flexibility index (Phi) is 7.50. The maximum Gasteiger partial charge on any atom is 0.411 e. The first-order chi connectivity index (χ1) is 19.3. The van der Waals surface area contributed by atoms with Crippen LogP contribution in [0.5, 0.6) is 0 Å². The molecule has 6 rings (SSSR count). The third-order valence-electron chi connectivity index (χ3n) is 6.90. The van der Waals surface area contributed by atoms with Crippen molar-refractivity contribution in [2.75, 3.05) is 23.0 Å². The van der Waals surface area contributed by atoms with Crippen molar-refractivity contribution in [1.29, 1.82) is 0 Å². The molecule has 2 aliphatic rings. The third-order valence-corrected chi connectivity index (χ3v) is 6.90. The Morgan fingerprint density at radius 3 is 2.75 bits per heavy atom. The highest BCUT2D eigenvalue weighted by Gasteiger charge is 2.26. The Hall–Kier alpha value is -5.12. The number of amides is 2. The molecule has 0 fully saturated rings. The molecule has 0 saturated heterocycles. The van der Waals surface area contributed by atoms with Crippen LogP contribution in [0.2, 0.25) is 0 Å². The van der Waals surface area contributed by atoms with Gasteiger partial charge in [-0.05, 0) is 71.0 Å². The summed E-state index contributed by atoms with van der Waals surface area (Å²) in [6.07, 6.45) is 1.16. The number of hydrogen-bond acceptors (Lipinski definition) is 7. The zero-order valence-electron chi connectivity index (χ0n) is 21.8. The number of carboxylic acids is 1. The molecule has 4 bridgehead atoms. The van der Waals surface area contributed by atoms with Crippen molar-refractivity contribution >= 4 is 45.9 Å². The molecule has 2 aliphatic heterocycles. The first-order valence-electron chi connectivity index (χ1n) is 12.8. The van der Waals surface area contributed by atoms with Crippen LogP contribution in [0.25, 0.3) is 10.8 Å². The molecule has 204 valence electrons. The predicted octanol–water partition coefficient (Wildman–Crippen LogP) is 4.72. The fourth-order valence-corrected chi connectivity index (χ4v) is 4.86. The van der Waals surface area contributed by atoms with Crippen LogP contribution in [0.3, 0.4) is 0 Å². The Balaban J connectivity index is 1.56. The van der Waals surface area contributed by atoms with Gasteiger partial charge in [0.1, 0.15) is 11.9 Å². The molecule has 0 saturated carbocycles. The summed E-state index contributed by atoms with van der Waals surface area (Å²) in [4.78, 5) is 42.1. The number of anilines is 3. The second kappa shape index (κ2) is 11.3. The topological polar surface area (TPSA) is 156 Å². The van der Waals surface area contributed by atoms with Crippen LogP contribution in [0.1, 0.15) is 40.8 Å². The zero-order valence-corrected chi connectivity index (χ0v) is 21.8. The van der Waals surface area contributed by atoms with Crippen molar-refractivity contribution in [2.24, 2.45) is 0 Å². The van der Waals surface area contributed by atoms with Gasteiger partial charge in [-0.15, -0.1) is 0 Å². The SMILES string of the molecule is Cc1cc2ccc1CCOC(=O)Nc1cccc(c1)[C@@H](CC(=O)O)NC(=O)C2Nc1ccc2c(N)nccc2c1. The van der Waals surface area contributed by atoms with Gasteiger partial charge in [-0.1, -0.05) is 30.3 Å². The minimum atomic E-state index is -1.08. The number of aliphatic carboxylic acids is 1. The van der Waals surface area contributed by atoms with Gasteiger partial charge in [0, 0.05) is 29.4 Å². The highest BCUT2D eigenvalue weighted by atomic mass is 16.5. The molecule has 4 aromatic rings. The predicted molar refractivity (Wildman–Crippen MR) is 152 cm³/mol. The van der Waals surface area contributed by atoms with Crippen molar-refractivity contribution in [1.82, 2.24) is 10.3 Å². The van der Waals surface area contributed by atoms with E-state index in [-0.39, 0.29) is 13.0 Å². The number of nitrogens with two attached hydrogens (primary N) is 1. The monoisotopic (exact) mass is 539 g/mol. The lowest BCUT2D eigenvalue weighted by molar-refractivity contribution is -0.137. The average molecular weight is 540 g/mol. The summed E-state index contributed by atoms with van der Waals surface area (Å²) in [5, 5.41) is 20.2. The number of pyridine rings is 1. The van der Waals surface area contributed by atoms with E-state index in [0.29, 0.717) is 34.7 Å². The molecule has 10 nitrogen and oxygen atoms in total. The van der Waals surface area contributed by atoms with E-state index in [4.69, 9.17) is 10.5 Å². The van der Waals surface area contributed by atoms with Crippen LogP contribution in [0, 0.1) is 6.92 Å². The molecule has 2 amide bonds. The van der Waals surface area contributed by atoms with Crippen LogP contribution in [0.15, 0.2) is 72.9 Å². The second-order valence-electron chi connectivity index (χ2n) is 9.69. The molecule has 6 N–H and O–H groups in total. The number of carboxylic acid groups (broad SMARTS) is 1. The lowest BCUT2D eigenvalue weighted by Crippen LogP contribution is -2.37. The highest BCUT2D eigenvalue weighted by Crippen LogP contribution is 2.29. The number of ether oxygens (including phenoxy) is 1. The maximum atomic E-state index is 13.9. The van der Waals surface area contributed by atoms with Gasteiger partial charge in [-0.3, -0.25) is 14.9 Å². The summed E-state index contributed by atoms with van der Waals surface area (Å²) in [5.74, 6) is -1.07. The van der Waals surface area contributed by atoms with E-state index in [1.165, 1.54) is 0 Å². The summed E-state index contributed by atoms with van der Waals surface area (Å²) in [5.41, 5.74) is 10.2. The van der Waals surface area contributed by atoms with E-state index in [9.17, 15) is 19.5 Å². The van der Waals surface area contributed by atoms with Gasteiger partial charge in [0.15, 0.2) is 0 Å². The Bertz CT molecular complexity index is 1600. The molecule has 3 aromatic carbocycles. The lowest BCUT2D eigenvalue weighted by Gasteiger charge is -2.25. The largest absolute Gasteiger partial charge is 0.481 e. The van der Waals surface area contributed by atoms with E-state index in [2.05, 4.69) is 20.9 Å². The standard InChI is InChI=1S/C30H29N5O5/c1-17-13-21-6-5-18(17)10-12-40-30(39)34-22-4-2-3-20(15-22)25(16-26(36)37)35-29(38)27(21)33-23-7-8-24-19(14-23)9-11-32-28(24)31/h2-9,11,13-15,25,27,33H,10,12,16H2,1H3,(H2,31,32)(H,34,39)(H,35,38)(H,36,37)/t25-,27?/m1/s1. The molecule has 2 atom stereocenters. The van der Waals surface area contributed by atoms with E-state index >= 15 is 0 Å². The number of hydrogen-bond donors (Lipinski definition) is 5. The number of benzene rings is 3. The number of rotatable bonds is 4. The van der Waals surface area contributed by atoms with Crippen LogP contribution < -0.4 is 21.7 Å². The fourth-order valence-electron chi connectivity index (χ4n) is 4.86. The normalized spacial score (nSPS) is 17.5. The average Bonchev–Trinajstić information content (AvgIpc) is 2.92. The maximum absolute atomic E-state index is 13.9. The van der Waals surface area contributed by atoms with Crippen LogP contribution in [-0.4, -0.2) is 34.7 Å². The number of nitrogens with zero attached hydrogens (tertiary/aromatic N) is 1. The van der Waals surface area contributed by atoms with E-state index in [1.54, 1.807) is 30.5 Å². The number of aromatic nitrogens is 1. The summed E-state index contributed by atoms with van der Waals surface area (Å²) in [7, 11) is 0. The quantitative estimate of drug-likeness (QED) is 0.250. The third kappa shape index (κ3) is 5.96. The smallest absolute Gasteiger partial charge is 0.411 e. The molecule has 1 aromatic heterocycles. The molecule has 10 heteroatoms. The highest BCUT2D eigenvalue weighted by molar-refractivity contribution is 5.94. The van der Waals surface area contributed by atoms with Crippen molar-refractivity contribution in [3.8, 4) is 0 Å². The van der Waals surface area contributed by atoms with Crippen LogP contribution >= 0.6 is 0 Å². The summed E-state index contributed by atoms with van der Waals surface area (Å²) >= 11 is 0. The fraction of sp³-hybridized carbons (Fsp3) is 0.200. The van der Waals surface area contributed by atoms with Crippen molar-refractivity contribution in [3.63, 3.8) is 0 Å². The second-order valence-corrected chi connectivity index (χ2v) is 9.69. The zero-order chi connectivity index (χ0) is 28.2. The Morgan fingerprint density at radius 1 is 1.10 bits per heavy atom. The number of carbonyl (C=O) groups excluding carboxylic acids is 2. The van der Waals surface area contributed by atoms with E-state index in [0.717, 1.165) is 21.9 Å². The van der Waals surface area contributed by atoms with Gasteiger partial charge in [0.05, 0.1) is 19.1 Å². The van der Waals surface area contributed by atoms with Crippen LogP contribution in [0.4, 0.5) is 22.0 Å². The van der Waals surface area contributed by atoms with Crippen molar-refractivity contribution < 1.29 is 24.2 Å². The van der Waals surface area contributed by atoms with Gasteiger partial charge < -0.3 is 26.2 Å². The number of aryl methyl sites for hydroxylation is 1. The lowest BCUT2D eigenvalue weighted by atomic mass is 9.96. The van der Waals surface area contributed by atoms with Gasteiger partial charge in [-0.25, -0.2) is 9.78 Å². The van der Waals surface area contributed by atoms with Gasteiger partial charge in [0.25, 0.3) is 0 Å². The molecule has 0 spiro atoms. The Morgan fingerprint density at radius 2 is 1.95 bits per heavy atom. The first-order valence-corrected chi connectivity index (χ1v) is 12.8. The van der Waals surface area contributed by atoms with E-state index in [1.807, 2.05) is 49.4 Å². The first kappa shape index (κ1) is 26.5. The number of nitrogens with one attached hydrogen (secondary N) is 3. The summed E-state index contributed by atoms with van der Waals surface area (Å²) in [6, 6.07) is 18.0. The van der Waals surface area contributed by atoms with Gasteiger partial charge in [0.2, 0.25) is 5.91 Å². The molecule has 3 heterocycles. The number of nitrogen functional groups attached to an aromatic ring is 1. The minimum absolute atomic E-state index is 0.171. The van der Waals surface area contributed by atoms with Gasteiger partial charge in [-0.2, -0.15) is 0 Å². The number of fused-ring (bicyclic) bond motifs is 10. The summed E-state index contributed by atoms with van der Waals surface area (Å²) < 4.78 is 5.36. The molecule has 1 unspecified atom stereocenters. The number of carbonyl (C=O) groups is 3. The Labute approximate surface area is 230 Å². The summed E-state index contributed by atoms with van der Waals surface area (Å²) in [6.45, 7) is 2.10. The molecule has 0 aliphatic carbocycles. The molecule has 40 heavy (non-hydrogen) atoms.